The molecular weight excluding hydrogens is 725 g/mol. The third-order valence-electron chi connectivity index (χ3n) is 7.79. The van der Waals surface area contributed by atoms with Crippen LogP contribution in [0.5, 0.6) is 23.0 Å². The van der Waals surface area contributed by atoms with Crippen LogP contribution in [0.15, 0.2) is 84.9 Å². The van der Waals surface area contributed by atoms with Gasteiger partial charge in [0.25, 0.3) is 11.8 Å². The second-order valence-electron chi connectivity index (χ2n) is 12.2. The lowest BCUT2D eigenvalue weighted by Crippen LogP contribution is -2.25. The highest BCUT2D eigenvalue weighted by atomic mass is 31.2. The predicted octanol–water partition coefficient (Wildman–Crippen LogP) is 6.65. The van der Waals surface area contributed by atoms with Gasteiger partial charge in [0.05, 0.1) is 29.7 Å². The summed E-state index contributed by atoms with van der Waals surface area (Å²) in [7, 11) is 4.87. The van der Waals surface area contributed by atoms with Gasteiger partial charge in [0.2, 0.25) is 11.5 Å². The van der Waals surface area contributed by atoms with Crippen molar-refractivity contribution < 1.29 is 47.6 Å². The molecule has 0 radical (unpaired) electrons. The van der Waals surface area contributed by atoms with Crippen LogP contribution in [0.3, 0.4) is 0 Å². The first-order valence-electron chi connectivity index (χ1n) is 16.4. The summed E-state index contributed by atoms with van der Waals surface area (Å²) in [6, 6.07) is 21.0. The molecule has 0 aromatic heterocycles. The second-order valence-corrected chi connectivity index (χ2v) is 14.4. The first kappa shape index (κ1) is 41.1. The van der Waals surface area contributed by atoms with Crippen LogP contribution in [0.25, 0.3) is 0 Å². The molecule has 1 atom stereocenters. The van der Waals surface area contributed by atoms with Gasteiger partial charge in [0.1, 0.15) is 11.5 Å². The Morgan fingerprint density at radius 3 is 1.63 bits per heavy atom. The van der Waals surface area contributed by atoms with Crippen molar-refractivity contribution in [1.82, 2.24) is 14.5 Å². The van der Waals surface area contributed by atoms with E-state index in [-0.39, 0.29) is 47.9 Å². The second kappa shape index (κ2) is 18.4. The van der Waals surface area contributed by atoms with Crippen LogP contribution in [0, 0.1) is 20.2 Å². The highest BCUT2D eigenvalue weighted by Gasteiger charge is 2.34. The van der Waals surface area contributed by atoms with E-state index >= 15 is 0 Å². The summed E-state index contributed by atoms with van der Waals surface area (Å²) in [5.74, 6) is 0.423. The molecule has 18 heteroatoms. The number of aliphatic hydroxyl groups is 1. The van der Waals surface area contributed by atoms with Crippen LogP contribution in [-0.2, 0) is 26.8 Å². The molecule has 1 aliphatic rings. The van der Waals surface area contributed by atoms with E-state index in [4.69, 9.17) is 23.6 Å². The Labute approximate surface area is 311 Å². The maximum absolute atomic E-state index is 12.7. The standard InChI is InChI=1S/C20H24N3O7P.C16H16N2O5/c1-21(2)20(24)16-6-8-17(9-7-16)30-19-13-15(5-10-18(19)23(25)26)14-29-31(27)22(3)11-4-12-28-31;1-17(2)16(20)12-4-6-13(7-5-12)23-15-9-11(10-19)3-8-14(15)18(21)22/h5-10,13H,4,11-12,14H2,1-3H3;3-9,19H,10H2,1-2H3. The molecule has 0 spiro atoms. The number of carbonyl (C=O) groups excluding carboxylic acids is 2. The number of hydrogen-bond acceptors (Lipinski definition) is 12. The van der Waals surface area contributed by atoms with Crippen LogP contribution >= 0.6 is 7.75 Å². The van der Waals surface area contributed by atoms with Crippen molar-refractivity contribution in [2.75, 3.05) is 48.4 Å². The zero-order valence-corrected chi connectivity index (χ0v) is 31.1. The Morgan fingerprint density at radius 2 is 1.22 bits per heavy atom. The van der Waals surface area contributed by atoms with E-state index in [1.807, 2.05) is 0 Å². The molecule has 286 valence electrons. The molecule has 0 saturated carbocycles. The number of amides is 2. The molecule has 4 aromatic rings. The third kappa shape index (κ3) is 10.7. The summed E-state index contributed by atoms with van der Waals surface area (Å²) in [5.41, 5.74) is 1.57. The Morgan fingerprint density at radius 1 is 0.778 bits per heavy atom. The average molecular weight is 766 g/mol. The number of ether oxygens (including phenoxy) is 2. The lowest BCUT2D eigenvalue weighted by atomic mass is 10.2. The molecular formula is C36H40N5O12P. The van der Waals surface area contributed by atoms with E-state index in [0.717, 1.165) is 6.42 Å². The molecule has 4 aromatic carbocycles. The molecule has 1 heterocycles. The van der Waals surface area contributed by atoms with E-state index in [1.54, 1.807) is 83.8 Å². The molecule has 1 fully saturated rings. The number of nitro benzene ring substituents is 2. The van der Waals surface area contributed by atoms with Crippen LogP contribution < -0.4 is 9.47 Å². The van der Waals surface area contributed by atoms with Crippen molar-refractivity contribution >= 4 is 30.9 Å². The van der Waals surface area contributed by atoms with E-state index in [9.17, 15) is 34.4 Å². The minimum absolute atomic E-state index is 0.00832. The van der Waals surface area contributed by atoms with E-state index < -0.39 is 17.6 Å². The van der Waals surface area contributed by atoms with Crippen molar-refractivity contribution in [2.24, 2.45) is 0 Å². The molecule has 1 N–H and O–H groups in total. The van der Waals surface area contributed by atoms with Gasteiger partial charge in [-0.05, 0) is 97.4 Å². The number of rotatable bonds is 12. The Hall–Kier alpha value is -5.71. The van der Waals surface area contributed by atoms with Gasteiger partial charge >= 0.3 is 19.1 Å². The molecule has 1 aliphatic heterocycles. The quantitative estimate of drug-likeness (QED) is 0.0913. The van der Waals surface area contributed by atoms with E-state index in [0.29, 0.717) is 46.9 Å². The average Bonchev–Trinajstić information content (AvgIpc) is 3.15. The van der Waals surface area contributed by atoms with Crippen molar-refractivity contribution in [1.29, 1.82) is 0 Å². The van der Waals surface area contributed by atoms with Crippen molar-refractivity contribution in [3.63, 3.8) is 0 Å². The third-order valence-corrected chi connectivity index (χ3v) is 9.79. The van der Waals surface area contributed by atoms with Crippen molar-refractivity contribution in [3.05, 3.63) is 127 Å². The molecule has 2 amide bonds. The van der Waals surface area contributed by atoms with Gasteiger partial charge in [-0.1, -0.05) is 0 Å². The van der Waals surface area contributed by atoms with Gasteiger partial charge in [-0.3, -0.25) is 38.9 Å². The van der Waals surface area contributed by atoms with Crippen LogP contribution in [0.1, 0.15) is 38.3 Å². The fraction of sp³-hybridized carbons (Fsp3) is 0.278. The SMILES string of the molecule is CN(C)C(=O)c1ccc(Oc2cc(CO)ccc2[N+](=O)[O-])cc1.CN(C)C(=O)c1ccc(Oc2cc(COP3(=O)OCCCN3C)ccc2[N+](=O)[O-])cc1. The van der Waals surface area contributed by atoms with Gasteiger partial charge in [-0.2, -0.15) is 0 Å². The lowest BCUT2D eigenvalue weighted by molar-refractivity contribution is -0.385. The Kier molecular flexibility index (Phi) is 14.0. The minimum atomic E-state index is -3.38. The summed E-state index contributed by atoms with van der Waals surface area (Å²) < 4.78 is 36.4. The number of nitro groups is 2. The summed E-state index contributed by atoms with van der Waals surface area (Å²) in [6.45, 7) is 0.637. The molecule has 0 aliphatic carbocycles. The molecule has 1 unspecified atom stereocenters. The largest absolute Gasteiger partial charge is 0.450 e. The monoisotopic (exact) mass is 765 g/mol. The van der Waals surface area contributed by atoms with Crippen molar-refractivity contribution in [2.45, 2.75) is 19.6 Å². The zero-order valence-electron chi connectivity index (χ0n) is 30.2. The topological polar surface area (TPSA) is 204 Å². The molecule has 54 heavy (non-hydrogen) atoms. The van der Waals surface area contributed by atoms with Crippen LogP contribution in [0.4, 0.5) is 11.4 Å². The fourth-order valence-corrected chi connectivity index (χ4v) is 6.39. The number of aliphatic hydroxyl groups excluding tert-OH is 1. The van der Waals surface area contributed by atoms with Crippen molar-refractivity contribution in [3.8, 4) is 23.0 Å². The summed E-state index contributed by atoms with van der Waals surface area (Å²) in [5, 5.41) is 31.6. The van der Waals surface area contributed by atoms with E-state index in [1.165, 1.54) is 50.9 Å². The fourth-order valence-electron chi connectivity index (χ4n) is 4.86. The van der Waals surface area contributed by atoms with Crippen LogP contribution in [-0.4, -0.2) is 89.6 Å². The molecule has 0 bridgehead atoms. The minimum Gasteiger partial charge on any atom is -0.450 e. The maximum atomic E-state index is 12.7. The van der Waals surface area contributed by atoms with Gasteiger partial charge in [-0.25, -0.2) is 9.24 Å². The lowest BCUT2D eigenvalue weighted by Gasteiger charge is -2.30. The van der Waals surface area contributed by atoms with Gasteiger partial charge in [0.15, 0.2) is 0 Å². The number of carbonyl (C=O) groups is 2. The van der Waals surface area contributed by atoms with E-state index in [2.05, 4.69) is 0 Å². The molecule has 17 nitrogen and oxygen atoms in total. The Bertz CT molecular complexity index is 2020. The first-order valence-corrected chi connectivity index (χ1v) is 17.9. The van der Waals surface area contributed by atoms with Gasteiger partial charge in [0, 0.05) is 58.0 Å². The van der Waals surface area contributed by atoms with Gasteiger partial charge in [-0.15, -0.1) is 0 Å². The summed E-state index contributed by atoms with van der Waals surface area (Å²) >= 11 is 0. The normalized spacial score (nSPS) is 15.3. The van der Waals surface area contributed by atoms with Crippen LogP contribution in [0.2, 0.25) is 0 Å². The zero-order chi connectivity index (χ0) is 39.6. The summed E-state index contributed by atoms with van der Waals surface area (Å²) in [6.07, 6.45) is 0.762. The number of nitrogens with zero attached hydrogens (tertiary/aromatic N) is 5. The smallest absolute Gasteiger partial charge is 0.408 e. The maximum Gasteiger partial charge on any atom is 0.408 e. The molecule has 1 saturated heterocycles. The Balaban J connectivity index is 0.000000252. The highest BCUT2D eigenvalue weighted by Crippen LogP contribution is 2.53. The predicted molar refractivity (Wildman–Crippen MR) is 197 cm³/mol. The number of benzene rings is 4. The highest BCUT2D eigenvalue weighted by molar-refractivity contribution is 7.51. The number of hydrogen-bond donors (Lipinski definition) is 1. The first-order chi connectivity index (χ1) is 25.6. The molecule has 5 rings (SSSR count). The summed E-state index contributed by atoms with van der Waals surface area (Å²) in [4.78, 5) is 48.1. The van der Waals surface area contributed by atoms with Gasteiger partial charge < -0.3 is 24.4 Å².